The zero-order valence-corrected chi connectivity index (χ0v) is 8.60. The van der Waals surface area contributed by atoms with Crippen molar-refractivity contribution in [1.82, 2.24) is 20.6 Å². The van der Waals surface area contributed by atoms with Crippen LogP contribution < -0.4 is 10.6 Å². The summed E-state index contributed by atoms with van der Waals surface area (Å²) in [4.78, 5) is 19.3. The molecule has 2 rings (SSSR count). The highest BCUT2D eigenvalue weighted by Gasteiger charge is 2.27. The van der Waals surface area contributed by atoms with Crippen molar-refractivity contribution in [2.45, 2.75) is 25.4 Å². The Labute approximate surface area is 88.3 Å². The monoisotopic (exact) mass is 206 g/mol. The van der Waals surface area contributed by atoms with Gasteiger partial charge in [0.2, 0.25) is 5.91 Å². The number of amides is 1. The summed E-state index contributed by atoms with van der Waals surface area (Å²) < 4.78 is 0. The maximum Gasteiger partial charge on any atom is 0.237 e. The third-order valence-corrected chi connectivity index (χ3v) is 2.59. The fourth-order valence-electron chi connectivity index (χ4n) is 1.71. The summed E-state index contributed by atoms with van der Waals surface area (Å²) >= 11 is 0. The fraction of sp³-hybridized carbons (Fsp3) is 0.500. The van der Waals surface area contributed by atoms with Crippen LogP contribution in [0.2, 0.25) is 0 Å². The van der Waals surface area contributed by atoms with Crippen LogP contribution in [-0.2, 0) is 4.79 Å². The smallest absolute Gasteiger partial charge is 0.237 e. The van der Waals surface area contributed by atoms with Crippen LogP contribution in [0.25, 0.3) is 0 Å². The van der Waals surface area contributed by atoms with Gasteiger partial charge in [-0.15, -0.1) is 0 Å². The third-order valence-electron chi connectivity index (χ3n) is 2.59. The lowest BCUT2D eigenvalue weighted by atomic mass is 10.0. The van der Waals surface area contributed by atoms with Gasteiger partial charge in [-0.3, -0.25) is 10.1 Å². The highest BCUT2D eigenvalue weighted by Crippen LogP contribution is 2.14. The molecule has 1 aliphatic heterocycles. The predicted octanol–water partition coefficient (Wildman–Crippen LogP) is 0.0157. The SMILES string of the molecule is CCC1NC(c2cncnc2)CNC1=O. The Balaban J connectivity index is 2.09. The summed E-state index contributed by atoms with van der Waals surface area (Å²) in [7, 11) is 0. The van der Waals surface area contributed by atoms with Crippen LogP contribution in [0.3, 0.4) is 0 Å². The van der Waals surface area contributed by atoms with E-state index in [-0.39, 0.29) is 18.0 Å². The van der Waals surface area contributed by atoms with Crippen LogP contribution in [-0.4, -0.2) is 28.5 Å². The number of piperazine rings is 1. The third kappa shape index (κ3) is 2.12. The molecule has 80 valence electrons. The normalized spacial score (nSPS) is 26.1. The van der Waals surface area contributed by atoms with Crippen LogP contribution in [0, 0.1) is 0 Å². The first-order chi connectivity index (χ1) is 7.31. The molecule has 0 aliphatic carbocycles. The number of nitrogens with one attached hydrogen (secondary N) is 2. The fourth-order valence-corrected chi connectivity index (χ4v) is 1.71. The first kappa shape index (κ1) is 10.0. The standard InChI is InChI=1S/C10H14N4O/c1-2-8-10(15)13-5-9(14-8)7-3-11-6-12-4-7/h3-4,6,8-9,14H,2,5H2,1H3,(H,13,15). The molecule has 1 amide bonds. The van der Waals surface area contributed by atoms with Gasteiger partial charge in [-0.2, -0.15) is 0 Å². The number of carbonyl (C=O) groups is 1. The van der Waals surface area contributed by atoms with Crippen molar-refractivity contribution in [3.63, 3.8) is 0 Å². The highest BCUT2D eigenvalue weighted by atomic mass is 16.2. The molecule has 5 nitrogen and oxygen atoms in total. The summed E-state index contributed by atoms with van der Waals surface area (Å²) in [6.07, 6.45) is 5.84. The maximum atomic E-state index is 11.4. The van der Waals surface area contributed by atoms with E-state index in [4.69, 9.17) is 0 Å². The Morgan fingerprint density at radius 1 is 1.47 bits per heavy atom. The summed E-state index contributed by atoms with van der Waals surface area (Å²) in [5, 5.41) is 6.15. The molecule has 2 atom stereocenters. The van der Waals surface area contributed by atoms with Gasteiger partial charge < -0.3 is 5.32 Å². The second-order valence-electron chi connectivity index (χ2n) is 3.60. The van der Waals surface area contributed by atoms with Gasteiger partial charge in [0.25, 0.3) is 0 Å². The Kier molecular flexibility index (Phi) is 2.91. The Morgan fingerprint density at radius 2 is 2.20 bits per heavy atom. The molecule has 1 aliphatic rings. The summed E-state index contributed by atoms with van der Waals surface area (Å²) in [5.41, 5.74) is 1.01. The zero-order valence-electron chi connectivity index (χ0n) is 8.60. The molecule has 1 aromatic heterocycles. The minimum Gasteiger partial charge on any atom is -0.353 e. The molecule has 1 fully saturated rings. The predicted molar refractivity (Wildman–Crippen MR) is 55.0 cm³/mol. The van der Waals surface area contributed by atoms with Gasteiger partial charge in [0.15, 0.2) is 0 Å². The molecule has 0 aromatic carbocycles. The molecule has 0 spiro atoms. The van der Waals surface area contributed by atoms with E-state index in [0.29, 0.717) is 6.54 Å². The van der Waals surface area contributed by atoms with Gasteiger partial charge in [-0.25, -0.2) is 9.97 Å². The lowest BCUT2D eigenvalue weighted by Gasteiger charge is -2.30. The summed E-state index contributed by atoms with van der Waals surface area (Å²) in [5.74, 6) is 0.0746. The van der Waals surface area contributed by atoms with E-state index >= 15 is 0 Å². The molecule has 15 heavy (non-hydrogen) atoms. The Morgan fingerprint density at radius 3 is 2.87 bits per heavy atom. The molecule has 1 saturated heterocycles. The van der Waals surface area contributed by atoms with Gasteiger partial charge >= 0.3 is 0 Å². The van der Waals surface area contributed by atoms with Crippen LogP contribution in [0.4, 0.5) is 0 Å². The van der Waals surface area contributed by atoms with Crippen LogP contribution >= 0.6 is 0 Å². The number of nitrogens with zero attached hydrogens (tertiary/aromatic N) is 2. The molecule has 5 heteroatoms. The molecule has 2 unspecified atom stereocenters. The van der Waals surface area contributed by atoms with Gasteiger partial charge in [-0.1, -0.05) is 6.92 Å². The number of aromatic nitrogens is 2. The van der Waals surface area contributed by atoms with Crippen LogP contribution in [0.5, 0.6) is 0 Å². The van der Waals surface area contributed by atoms with Crippen molar-refractivity contribution in [3.05, 3.63) is 24.3 Å². The van der Waals surface area contributed by atoms with Crippen LogP contribution in [0.1, 0.15) is 24.9 Å². The van der Waals surface area contributed by atoms with E-state index in [2.05, 4.69) is 20.6 Å². The van der Waals surface area contributed by atoms with E-state index in [9.17, 15) is 4.79 Å². The second kappa shape index (κ2) is 4.35. The van der Waals surface area contributed by atoms with Crippen molar-refractivity contribution in [3.8, 4) is 0 Å². The summed E-state index contributed by atoms with van der Waals surface area (Å²) in [6, 6.07) is 0.0119. The molecule has 0 saturated carbocycles. The maximum absolute atomic E-state index is 11.4. The Bertz CT molecular complexity index is 341. The minimum absolute atomic E-state index is 0.0746. The molecular weight excluding hydrogens is 192 g/mol. The largest absolute Gasteiger partial charge is 0.353 e. The lowest BCUT2D eigenvalue weighted by Crippen LogP contribution is -2.54. The number of hydrogen-bond acceptors (Lipinski definition) is 4. The number of rotatable bonds is 2. The summed E-state index contributed by atoms with van der Waals surface area (Å²) in [6.45, 7) is 2.59. The van der Waals surface area contributed by atoms with Gasteiger partial charge in [0, 0.05) is 24.5 Å². The molecular formula is C10H14N4O. The first-order valence-corrected chi connectivity index (χ1v) is 5.10. The number of carbonyl (C=O) groups excluding carboxylic acids is 1. The second-order valence-corrected chi connectivity index (χ2v) is 3.60. The molecule has 0 bridgehead atoms. The van der Waals surface area contributed by atoms with Crippen molar-refractivity contribution in [2.75, 3.05) is 6.54 Å². The number of hydrogen-bond donors (Lipinski definition) is 2. The van der Waals surface area contributed by atoms with Crippen molar-refractivity contribution in [2.24, 2.45) is 0 Å². The minimum atomic E-state index is -0.107. The van der Waals surface area contributed by atoms with Crippen molar-refractivity contribution < 1.29 is 4.79 Å². The van der Waals surface area contributed by atoms with E-state index in [1.165, 1.54) is 6.33 Å². The van der Waals surface area contributed by atoms with Gasteiger partial charge in [0.05, 0.1) is 12.1 Å². The van der Waals surface area contributed by atoms with Gasteiger partial charge in [0.1, 0.15) is 6.33 Å². The van der Waals surface area contributed by atoms with E-state index in [1.54, 1.807) is 12.4 Å². The van der Waals surface area contributed by atoms with Crippen molar-refractivity contribution in [1.29, 1.82) is 0 Å². The Hall–Kier alpha value is -1.49. The highest BCUT2D eigenvalue weighted by molar-refractivity contribution is 5.82. The topological polar surface area (TPSA) is 66.9 Å². The van der Waals surface area contributed by atoms with Crippen molar-refractivity contribution >= 4 is 5.91 Å². The first-order valence-electron chi connectivity index (χ1n) is 5.10. The van der Waals surface area contributed by atoms with E-state index in [1.807, 2.05) is 6.92 Å². The zero-order chi connectivity index (χ0) is 10.7. The van der Waals surface area contributed by atoms with Crippen LogP contribution in [0.15, 0.2) is 18.7 Å². The van der Waals surface area contributed by atoms with E-state index in [0.717, 1.165) is 12.0 Å². The lowest BCUT2D eigenvalue weighted by molar-refractivity contribution is -0.125. The van der Waals surface area contributed by atoms with Gasteiger partial charge in [-0.05, 0) is 6.42 Å². The molecule has 2 heterocycles. The molecule has 1 aromatic rings. The van der Waals surface area contributed by atoms with E-state index < -0.39 is 0 Å². The molecule has 0 radical (unpaired) electrons. The average molecular weight is 206 g/mol. The quantitative estimate of drug-likeness (QED) is 0.715. The average Bonchev–Trinajstić information content (AvgIpc) is 2.31. The molecule has 2 N–H and O–H groups in total.